The molecule has 1 aromatic rings. The molecule has 0 saturated heterocycles. The fourth-order valence-electron chi connectivity index (χ4n) is 0.817. The van der Waals surface area contributed by atoms with Gasteiger partial charge in [0.25, 0.3) is 0 Å². The monoisotopic (exact) mass is 165 g/mol. The van der Waals surface area contributed by atoms with E-state index in [0.29, 0.717) is 0 Å². The summed E-state index contributed by atoms with van der Waals surface area (Å²) in [5, 5.41) is 9.19. The minimum absolute atomic E-state index is 0.0627. The number of phenolic OH excluding ortho intramolecular Hbond substituents is 1. The summed E-state index contributed by atoms with van der Waals surface area (Å²) in [6, 6.07) is 6.21. The quantitative estimate of drug-likeness (QED) is 0.673. The lowest BCUT2D eigenvalue weighted by atomic mass is 10.2. The molecule has 0 aliphatic carbocycles. The highest BCUT2D eigenvalue weighted by molar-refractivity contribution is 5.92. The molecule has 12 heavy (non-hydrogen) atoms. The number of carbonyl (C=O) groups excluding carboxylic acids is 1. The number of hydrogen-bond donors (Lipinski definition) is 1. The maximum atomic E-state index is 11.0. The first-order chi connectivity index (χ1) is 5.75. The molecule has 0 spiro atoms. The number of carbonyl (C=O) groups is 1. The minimum atomic E-state index is -0.553. The van der Waals surface area contributed by atoms with Crippen molar-refractivity contribution in [2.24, 2.45) is 0 Å². The second-order valence-electron chi connectivity index (χ2n) is 2.15. The van der Waals surface area contributed by atoms with Crippen LogP contribution in [0, 0.1) is 6.92 Å². The van der Waals surface area contributed by atoms with E-state index >= 15 is 0 Å². The topological polar surface area (TPSA) is 46.5 Å². The summed E-state index contributed by atoms with van der Waals surface area (Å²) in [6.45, 7) is 3.42. The van der Waals surface area contributed by atoms with Crippen molar-refractivity contribution in [3.05, 3.63) is 36.8 Å². The molecule has 0 unspecified atom stereocenters. The summed E-state index contributed by atoms with van der Waals surface area (Å²) >= 11 is 0. The number of ether oxygens (including phenoxy) is 1. The van der Waals surface area contributed by atoms with Gasteiger partial charge in [0, 0.05) is 0 Å². The largest absolute Gasteiger partial charge is 0.507 e. The van der Waals surface area contributed by atoms with E-state index in [2.05, 4.69) is 11.7 Å². The van der Waals surface area contributed by atoms with Gasteiger partial charge >= 0.3 is 5.97 Å². The summed E-state index contributed by atoms with van der Waals surface area (Å²) in [7, 11) is 0. The van der Waals surface area contributed by atoms with Gasteiger partial charge in [-0.25, -0.2) is 4.79 Å². The van der Waals surface area contributed by atoms with Gasteiger partial charge in [-0.3, -0.25) is 0 Å². The molecule has 3 heteroatoms. The van der Waals surface area contributed by atoms with Gasteiger partial charge in [0.2, 0.25) is 0 Å². The Bertz CT molecular complexity index is 281. The fraction of sp³-hybridized carbons (Fsp3) is 0.111. The number of phenols is 1. The predicted molar refractivity (Wildman–Crippen MR) is 43.7 cm³/mol. The van der Waals surface area contributed by atoms with Crippen molar-refractivity contribution >= 4 is 5.97 Å². The third-order valence-corrected chi connectivity index (χ3v) is 1.36. The average molecular weight is 165 g/mol. The van der Waals surface area contributed by atoms with Gasteiger partial charge in [-0.05, 0) is 19.1 Å². The first-order valence-corrected chi connectivity index (χ1v) is 3.50. The van der Waals surface area contributed by atoms with Crippen molar-refractivity contribution in [3.63, 3.8) is 0 Å². The lowest BCUT2D eigenvalue weighted by molar-refractivity contribution is 0.0544. The highest BCUT2D eigenvalue weighted by atomic mass is 16.5. The molecule has 0 saturated carbocycles. The molecule has 1 rings (SSSR count). The molecule has 0 amide bonds. The highest BCUT2D eigenvalue weighted by Gasteiger charge is 2.09. The van der Waals surface area contributed by atoms with E-state index in [4.69, 9.17) is 0 Å². The Morgan fingerprint density at radius 1 is 1.50 bits per heavy atom. The normalized spacial score (nSPS) is 9.42. The Hall–Kier alpha value is -1.51. The Balaban J connectivity index is 2.87. The van der Waals surface area contributed by atoms with E-state index in [0.717, 1.165) is 0 Å². The zero-order valence-electron chi connectivity index (χ0n) is 6.49. The van der Waals surface area contributed by atoms with Gasteiger partial charge in [-0.2, -0.15) is 0 Å². The smallest absolute Gasteiger partial charge is 0.341 e. The number of hydrogen-bond acceptors (Lipinski definition) is 3. The molecule has 0 aliphatic rings. The first kappa shape index (κ1) is 8.59. The lowest BCUT2D eigenvalue weighted by Gasteiger charge is -2.02. The average Bonchev–Trinajstić information content (AvgIpc) is 2.05. The molecule has 3 nitrogen and oxygen atoms in total. The standard InChI is InChI=1S/C9H9O3/c1-2-12-9(11)7-5-3-4-6-8(7)10/h3-6,10H,1-2H2. The van der Waals surface area contributed by atoms with Crippen LogP contribution in [0.3, 0.4) is 0 Å². The van der Waals surface area contributed by atoms with Gasteiger partial charge in [-0.1, -0.05) is 12.1 Å². The van der Waals surface area contributed by atoms with Gasteiger partial charge in [0.15, 0.2) is 0 Å². The van der Waals surface area contributed by atoms with Crippen molar-refractivity contribution in [1.29, 1.82) is 0 Å². The van der Waals surface area contributed by atoms with Crippen molar-refractivity contribution in [2.75, 3.05) is 6.61 Å². The van der Waals surface area contributed by atoms with Crippen LogP contribution in [-0.2, 0) is 4.74 Å². The maximum Gasteiger partial charge on any atom is 0.341 e. The zero-order chi connectivity index (χ0) is 8.97. The van der Waals surface area contributed by atoms with Crippen LogP contribution in [0.15, 0.2) is 24.3 Å². The van der Waals surface area contributed by atoms with Gasteiger partial charge in [0.05, 0.1) is 6.61 Å². The van der Waals surface area contributed by atoms with E-state index in [1.807, 2.05) is 0 Å². The van der Waals surface area contributed by atoms with E-state index in [-0.39, 0.29) is 17.9 Å². The predicted octanol–water partition coefficient (Wildman–Crippen LogP) is 1.38. The number of esters is 1. The summed E-state index contributed by atoms with van der Waals surface area (Å²) in [6.07, 6.45) is 0. The second-order valence-corrected chi connectivity index (χ2v) is 2.15. The Kier molecular flexibility index (Phi) is 2.69. The Labute approximate surface area is 70.6 Å². The van der Waals surface area contributed by atoms with E-state index in [1.165, 1.54) is 12.1 Å². The van der Waals surface area contributed by atoms with Crippen LogP contribution >= 0.6 is 0 Å². The highest BCUT2D eigenvalue weighted by Crippen LogP contribution is 2.16. The molecule has 1 radical (unpaired) electrons. The molecular formula is C9H9O3. The first-order valence-electron chi connectivity index (χ1n) is 3.50. The Morgan fingerprint density at radius 2 is 2.17 bits per heavy atom. The summed E-state index contributed by atoms with van der Waals surface area (Å²) in [4.78, 5) is 11.0. The summed E-state index contributed by atoms with van der Waals surface area (Å²) in [5.41, 5.74) is 0.168. The molecule has 0 atom stereocenters. The van der Waals surface area contributed by atoms with Crippen LogP contribution in [0.4, 0.5) is 0 Å². The third-order valence-electron chi connectivity index (χ3n) is 1.36. The van der Waals surface area contributed by atoms with Gasteiger partial charge in [-0.15, -0.1) is 0 Å². The molecule has 63 valence electrons. The molecule has 0 bridgehead atoms. The SMILES string of the molecule is [CH2]COC(=O)c1ccccc1O. The lowest BCUT2D eigenvalue weighted by Crippen LogP contribution is -2.04. The van der Waals surface area contributed by atoms with Crippen molar-refractivity contribution in [2.45, 2.75) is 0 Å². The summed E-state index contributed by atoms with van der Waals surface area (Å²) in [5.74, 6) is -0.626. The number of rotatable bonds is 2. The van der Waals surface area contributed by atoms with Crippen molar-refractivity contribution in [1.82, 2.24) is 0 Å². The summed E-state index contributed by atoms with van der Waals surface area (Å²) < 4.78 is 4.60. The number of para-hydroxylation sites is 1. The molecule has 0 aliphatic heterocycles. The molecular weight excluding hydrogens is 156 g/mol. The minimum Gasteiger partial charge on any atom is -0.507 e. The molecule has 1 N–H and O–H groups in total. The number of benzene rings is 1. The zero-order valence-corrected chi connectivity index (χ0v) is 6.49. The van der Waals surface area contributed by atoms with E-state index < -0.39 is 5.97 Å². The van der Waals surface area contributed by atoms with Gasteiger partial charge < -0.3 is 9.84 Å². The van der Waals surface area contributed by atoms with Gasteiger partial charge in [0.1, 0.15) is 11.3 Å². The second kappa shape index (κ2) is 3.76. The van der Waals surface area contributed by atoms with Crippen LogP contribution in [0.2, 0.25) is 0 Å². The van der Waals surface area contributed by atoms with Crippen molar-refractivity contribution in [3.8, 4) is 5.75 Å². The molecule has 0 aromatic heterocycles. The Morgan fingerprint density at radius 3 is 2.75 bits per heavy atom. The van der Waals surface area contributed by atoms with E-state index in [9.17, 15) is 9.90 Å². The maximum absolute atomic E-state index is 11.0. The van der Waals surface area contributed by atoms with Crippen LogP contribution < -0.4 is 0 Å². The molecule has 0 heterocycles. The van der Waals surface area contributed by atoms with Crippen LogP contribution in [-0.4, -0.2) is 17.7 Å². The van der Waals surface area contributed by atoms with E-state index in [1.54, 1.807) is 12.1 Å². The fourth-order valence-corrected chi connectivity index (χ4v) is 0.817. The van der Waals surface area contributed by atoms with Crippen LogP contribution in [0.5, 0.6) is 5.75 Å². The number of aromatic hydroxyl groups is 1. The molecule has 0 fully saturated rings. The van der Waals surface area contributed by atoms with Crippen LogP contribution in [0.25, 0.3) is 0 Å². The van der Waals surface area contributed by atoms with Crippen molar-refractivity contribution < 1.29 is 14.6 Å². The molecule has 1 aromatic carbocycles. The third kappa shape index (κ3) is 1.75. The van der Waals surface area contributed by atoms with Crippen LogP contribution in [0.1, 0.15) is 10.4 Å².